The van der Waals surface area contributed by atoms with Crippen molar-refractivity contribution in [3.63, 3.8) is 0 Å². The second kappa shape index (κ2) is 11.0. The van der Waals surface area contributed by atoms with Crippen molar-refractivity contribution in [2.24, 2.45) is 11.7 Å². The van der Waals surface area contributed by atoms with Crippen molar-refractivity contribution in [3.05, 3.63) is 0 Å². The molecule has 1 rings (SSSR count). The first-order valence-corrected chi connectivity index (χ1v) is 9.04. The summed E-state index contributed by atoms with van der Waals surface area (Å²) in [7, 11) is 0. The number of carbonyl (C=O) groups is 1. The number of amides is 1. The lowest BCUT2D eigenvalue weighted by atomic mass is 9.87. The molecule has 1 heterocycles. The van der Waals surface area contributed by atoms with Gasteiger partial charge < -0.3 is 31.1 Å². The van der Waals surface area contributed by atoms with Crippen LogP contribution in [0.5, 0.6) is 0 Å². The van der Waals surface area contributed by atoms with E-state index in [2.05, 4.69) is 5.32 Å². The van der Waals surface area contributed by atoms with Crippen LogP contribution in [0.4, 0.5) is 0 Å². The number of nitrogens with one attached hydrogen (secondary N) is 1. The third-order valence-electron chi connectivity index (χ3n) is 4.56. The number of ether oxygens (including phenoxy) is 1. The molecule has 24 heavy (non-hydrogen) atoms. The van der Waals surface area contributed by atoms with Gasteiger partial charge in [-0.15, -0.1) is 0 Å². The SMILES string of the molecule is CC(C)[C@@H]1OC(CO)[C@@H](O)[C@H](O)C1NC(=O)CCCCCCCN. The lowest BCUT2D eigenvalue weighted by molar-refractivity contribution is -0.204. The van der Waals surface area contributed by atoms with Crippen molar-refractivity contribution in [2.45, 2.75) is 82.8 Å². The lowest BCUT2D eigenvalue weighted by Gasteiger charge is -2.44. The Kier molecular flexibility index (Phi) is 9.76. The predicted octanol–water partition coefficient (Wildman–Crippen LogP) is -0.0920. The van der Waals surface area contributed by atoms with Crippen LogP contribution in [0.25, 0.3) is 0 Å². The van der Waals surface area contributed by atoms with Gasteiger partial charge in [-0.1, -0.05) is 33.1 Å². The molecule has 7 heteroatoms. The number of aliphatic hydroxyl groups is 3. The second-order valence-electron chi connectivity index (χ2n) is 6.95. The summed E-state index contributed by atoms with van der Waals surface area (Å²) >= 11 is 0. The summed E-state index contributed by atoms with van der Waals surface area (Å²) in [6, 6.07) is -0.674. The number of unbranched alkanes of at least 4 members (excludes halogenated alkanes) is 4. The Bertz CT molecular complexity index is 367. The van der Waals surface area contributed by atoms with E-state index in [-0.39, 0.29) is 18.4 Å². The van der Waals surface area contributed by atoms with E-state index in [1.54, 1.807) is 0 Å². The first-order valence-electron chi connectivity index (χ1n) is 9.04. The van der Waals surface area contributed by atoms with Gasteiger partial charge in [-0.25, -0.2) is 0 Å². The minimum absolute atomic E-state index is 0.0303. The van der Waals surface area contributed by atoms with E-state index < -0.39 is 30.5 Å². The predicted molar refractivity (Wildman–Crippen MR) is 91.3 cm³/mol. The number of carbonyl (C=O) groups excluding carboxylic acids is 1. The number of rotatable bonds is 10. The van der Waals surface area contributed by atoms with Crippen LogP contribution in [0.2, 0.25) is 0 Å². The summed E-state index contributed by atoms with van der Waals surface area (Å²) in [5.41, 5.74) is 5.44. The minimum atomic E-state index is -1.22. The van der Waals surface area contributed by atoms with Gasteiger partial charge in [0.2, 0.25) is 5.91 Å². The Balaban J connectivity index is 2.48. The van der Waals surface area contributed by atoms with E-state index in [9.17, 15) is 20.1 Å². The van der Waals surface area contributed by atoms with Gasteiger partial charge in [0.1, 0.15) is 18.3 Å². The van der Waals surface area contributed by atoms with E-state index in [1.165, 1.54) is 0 Å². The van der Waals surface area contributed by atoms with Crippen LogP contribution >= 0.6 is 0 Å². The molecule has 1 aliphatic heterocycles. The zero-order chi connectivity index (χ0) is 18.1. The van der Waals surface area contributed by atoms with Gasteiger partial charge in [-0.3, -0.25) is 4.79 Å². The molecule has 7 nitrogen and oxygen atoms in total. The highest BCUT2D eigenvalue weighted by molar-refractivity contribution is 5.76. The highest BCUT2D eigenvalue weighted by atomic mass is 16.5. The van der Waals surface area contributed by atoms with Gasteiger partial charge in [0.05, 0.1) is 18.8 Å². The van der Waals surface area contributed by atoms with Crippen LogP contribution in [0, 0.1) is 5.92 Å². The summed E-state index contributed by atoms with van der Waals surface area (Å²) in [6.07, 6.45) is 1.64. The number of aliphatic hydroxyl groups excluding tert-OH is 3. The number of nitrogens with two attached hydrogens (primary N) is 1. The standard InChI is InChI=1S/C17H34N2O5/c1-11(2)17-14(16(23)15(22)12(10-20)24-17)19-13(21)8-6-4-3-5-7-9-18/h11-12,14-17,20,22-23H,3-10,18H2,1-2H3,(H,19,21)/t12?,14?,15-,16-,17+/m1/s1. The largest absolute Gasteiger partial charge is 0.394 e. The maximum absolute atomic E-state index is 12.1. The molecule has 2 unspecified atom stereocenters. The summed E-state index contributed by atoms with van der Waals surface area (Å²) in [5, 5.41) is 32.4. The smallest absolute Gasteiger partial charge is 0.220 e. The van der Waals surface area contributed by atoms with Gasteiger partial charge in [-0.05, 0) is 25.3 Å². The first-order chi connectivity index (χ1) is 11.4. The summed E-state index contributed by atoms with van der Waals surface area (Å²) in [4.78, 5) is 12.1. The molecule has 0 aromatic heterocycles. The molecule has 0 aromatic rings. The molecule has 0 spiro atoms. The maximum Gasteiger partial charge on any atom is 0.220 e. The van der Waals surface area contributed by atoms with Crippen LogP contribution in [0.1, 0.15) is 52.4 Å². The van der Waals surface area contributed by atoms with E-state index in [4.69, 9.17) is 10.5 Å². The molecule has 0 aliphatic carbocycles. The Hall–Kier alpha value is -0.730. The zero-order valence-electron chi connectivity index (χ0n) is 14.9. The van der Waals surface area contributed by atoms with Crippen molar-refractivity contribution >= 4 is 5.91 Å². The van der Waals surface area contributed by atoms with Crippen LogP contribution in [0.3, 0.4) is 0 Å². The fourth-order valence-electron chi connectivity index (χ4n) is 3.10. The molecule has 1 saturated heterocycles. The summed E-state index contributed by atoms with van der Waals surface area (Å²) in [6.45, 7) is 4.17. The molecule has 1 aliphatic rings. The van der Waals surface area contributed by atoms with Gasteiger partial charge in [0, 0.05) is 6.42 Å². The normalized spacial score (nSPS) is 30.5. The van der Waals surface area contributed by atoms with Crippen molar-refractivity contribution in [1.29, 1.82) is 0 Å². The molecule has 0 radical (unpaired) electrons. The van der Waals surface area contributed by atoms with E-state index in [0.29, 0.717) is 13.0 Å². The van der Waals surface area contributed by atoms with Crippen molar-refractivity contribution in [2.75, 3.05) is 13.2 Å². The molecular formula is C17H34N2O5. The molecule has 1 fully saturated rings. The molecule has 0 aromatic carbocycles. The third kappa shape index (κ3) is 6.29. The van der Waals surface area contributed by atoms with Crippen LogP contribution in [0.15, 0.2) is 0 Å². The summed E-state index contributed by atoms with van der Waals surface area (Å²) < 4.78 is 5.68. The fraction of sp³-hybridized carbons (Fsp3) is 0.941. The topological polar surface area (TPSA) is 125 Å². The Labute approximate surface area is 144 Å². The van der Waals surface area contributed by atoms with Crippen molar-refractivity contribution in [1.82, 2.24) is 5.32 Å². The Morgan fingerprint density at radius 2 is 1.75 bits per heavy atom. The fourth-order valence-corrected chi connectivity index (χ4v) is 3.10. The van der Waals surface area contributed by atoms with E-state index in [0.717, 1.165) is 32.1 Å². The molecule has 1 amide bonds. The highest BCUT2D eigenvalue weighted by Crippen LogP contribution is 2.26. The second-order valence-corrected chi connectivity index (χ2v) is 6.95. The molecular weight excluding hydrogens is 312 g/mol. The monoisotopic (exact) mass is 346 g/mol. The first kappa shape index (κ1) is 21.3. The highest BCUT2D eigenvalue weighted by Gasteiger charge is 2.45. The summed E-state index contributed by atoms with van der Waals surface area (Å²) in [5.74, 6) is -0.121. The van der Waals surface area contributed by atoms with Crippen LogP contribution in [-0.2, 0) is 9.53 Å². The van der Waals surface area contributed by atoms with E-state index >= 15 is 0 Å². The van der Waals surface area contributed by atoms with Crippen LogP contribution < -0.4 is 11.1 Å². The van der Waals surface area contributed by atoms with Gasteiger partial charge in [0.25, 0.3) is 0 Å². The van der Waals surface area contributed by atoms with Crippen molar-refractivity contribution in [3.8, 4) is 0 Å². The van der Waals surface area contributed by atoms with Gasteiger partial charge in [-0.2, -0.15) is 0 Å². The average molecular weight is 346 g/mol. The quantitative estimate of drug-likeness (QED) is 0.352. The van der Waals surface area contributed by atoms with E-state index in [1.807, 2.05) is 13.8 Å². The van der Waals surface area contributed by atoms with Crippen LogP contribution in [-0.4, -0.2) is 64.8 Å². The van der Waals surface area contributed by atoms with Gasteiger partial charge in [0.15, 0.2) is 0 Å². The van der Waals surface area contributed by atoms with Gasteiger partial charge >= 0.3 is 0 Å². The average Bonchev–Trinajstić information content (AvgIpc) is 2.55. The lowest BCUT2D eigenvalue weighted by Crippen LogP contribution is -2.65. The number of hydrogen-bond acceptors (Lipinski definition) is 6. The maximum atomic E-state index is 12.1. The number of hydrogen-bond donors (Lipinski definition) is 5. The zero-order valence-corrected chi connectivity index (χ0v) is 14.9. The molecule has 0 bridgehead atoms. The Morgan fingerprint density at radius 1 is 1.12 bits per heavy atom. The molecule has 5 atom stereocenters. The minimum Gasteiger partial charge on any atom is -0.394 e. The third-order valence-corrected chi connectivity index (χ3v) is 4.56. The molecule has 142 valence electrons. The van der Waals surface area contributed by atoms with Crippen molar-refractivity contribution < 1.29 is 24.9 Å². The molecule has 6 N–H and O–H groups in total. The Morgan fingerprint density at radius 3 is 2.33 bits per heavy atom. The molecule has 0 saturated carbocycles.